The number of phenolic OH excluding ortho intramolecular Hbond substituents is 2. The summed E-state index contributed by atoms with van der Waals surface area (Å²) in [6.45, 7) is 0. The van der Waals surface area contributed by atoms with Crippen molar-refractivity contribution in [3.8, 4) is 11.5 Å². The van der Waals surface area contributed by atoms with Crippen molar-refractivity contribution in [3.05, 3.63) is 23.3 Å². The van der Waals surface area contributed by atoms with Gasteiger partial charge in [0.25, 0.3) is 0 Å². The zero-order chi connectivity index (χ0) is 10.7. The Balaban J connectivity index is 3.19. The highest BCUT2D eigenvalue weighted by molar-refractivity contribution is 5.79. The van der Waals surface area contributed by atoms with Crippen molar-refractivity contribution in [3.63, 3.8) is 0 Å². The van der Waals surface area contributed by atoms with Crippen LogP contribution in [0.5, 0.6) is 11.5 Å². The van der Waals surface area contributed by atoms with Gasteiger partial charge in [-0.05, 0) is 12.1 Å². The van der Waals surface area contributed by atoms with E-state index in [4.69, 9.17) is 10.2 Å². The monoisotopic (exact) mass is 196 g/mol. The van der Waals surface area contributed by atoms with Crippen molar-refractivity contribution in [2.75, 3.05) is 0 Å². The van der Waals surface area contributed by atoms with E-state index in [-0.39, 0.29) is 11.1 Å². The Bertz CT molecular complexity index is 383. The summed E-state index contributed by atoms with van der Waals surface area (Å²) in [5, 5.41) is 26.8. The third-order valence-electron chi connectivity index (χ3n) is 1.67. The SMILES string of the molecule is O=Cc1cc(O)c(O)c(CC(=O)O)c1. The lowest BCUT2D eigenvalue weighted by molar-refractivity contribution is -0.136. The topological polar surface area (TPSA) is 94.8 Å². The van der Waals surface area contributed by atoms with Gasteiger partial charge in [0.15, 0.2) is 11.5 Å². The van der Waals surface area contributed by atoms with Crippen molar-refractivity contribution in [1.82, 2.24) is 0 Å². The molecule has 0 fully saturated rings. The van der Waals surface area contributed by atoms with Gasteiger partial charge in [-0.2, -0.15) is 0 Å². The molecule has 0 saturated heterocycles. The van der Waals surface area contributed by atoms with Crippen LogP contribution in [0.15, 0.2) is 12.1 Å². The van der Waals surface area contributed by atoms with Crippen molar-refractivity contribution < 1.29 is 24.9 Å². The first-order chi connectivity index (χ1) is 6.54. The second-order valence-corrected chi connectivity index (χ2v) is 2.74. The number of rotatable bonds is 3. The van der Waals surface area contributed by atoms with E-state index in [9.17, 15) is 14.7 Å². The smallest absolute Gasteiger partial charge is 0.307 e. The largest absolute Gasteiger partial charge is 0.504 e. The second-order valence-electron chi connectivity index (χ2n) is 2.74. The number of aromatic hydroxyl groups is 2. The number of aldehydes is 1. The van der Waals surface area contributed by atoms with Crippen LogP contribution in [-0.4, -0.2) is 27.6 Å². The number of carboxylic acids is 1. The Morgan fingerprint density at radius 1 is 1.36 bits per heavy atom. The Morgan fingerprint density at radius 3 is 2.50 bits per heavy atom. The van der Waals surface area contributed by atoms with Crippen LogP contribution in [0.2, 0.25) is 0 Å². The molecule has 0 unspecified atom stereocenters. The van der Waals surface area contributed by atoms with Crippen LogP contribution in [0.1, 0.15) is 15.9 Å². The molecule has 0 aromatic heterocycles. The van der Waals surface area contributed by atoms with Crippen LogP contribution in [0.25, 0.3) is 0 Å². The summed E-state index contributed by atoms with van der Waals surface area (Å²) in [4.78, 5) is 20.7. The molecule has 0 aliphatic carbocycles. The van der Waals surface area contributed by atoms with Crippen LogP contribution in [0, 0.1) is 0 Å². The van der Waals surface area contributed by atoms with Gasteiger partial charge in [-0.15, -0.1) is 0 Å². The molecule has 0 bridgehead atoms. The maximum atomic E-state index is 10.4. The molecule has 0 radical (unpaired) electrons. The van der Waals surface area contributed by atoms with Gasteiger partial charge in [0.05, 0.1) is 6.42 Å². The molecule has 14 heavy (non-hydrogen) atoms. The van der Waals surface area contributed by atoms with Crippen molar-refractivity contribution in [2.24, 2.45) is 0 Å². The molecule has 0 saturated carbocycles. The molecule has 74 valence electrons. The van der Waals surface area contributed by atoms with Gasteiger partial charge in [-0.25, -0.2) is 0 Å². The van der Waals surface area contributed by atoms with E-state index in [2.05, 4.69) is 0 Å². The molecule has 0 aliphatic rings. The number of benzene rings is 1. The fourth-order valence-electron chi connectivity index (χ4n) is 1.07. The lowest BCUT2D eigenvalue weighted by atomic mass is 10.1. The quantitative estimate of drug-likeness (QED) is 0.484. The van der Waals surface area contributed by atoms with E-state index in [1.54, 1.807) is 0 Å². The first-order valence-corrected chi connectivity index (χ1v) is 3.76. The minimum Gasteiger partial charge on any atom is -0.504 e. The molecule has 1 rings (SSSR count). The predicted molar refractivity (Wildman–Crippen MR) is 46.5 cm³/mol. The maximum Gasteiger partial charge on any atom is 0.307 e. The molecule has 3 N–H and O–H groups in total. The minimum absolute atomic E-state index is 0.0135. The van der Waals surface area contributed by atoms with E-state index in [0.717, 1.165) is 6.07 Å². The molecule has 0 aliphatic heterocycles. The van der Waals surface area contributed by atoms with Gasteiger partial charge in [0, 0.05) is 11.1 Å². The Hall–Kier alpha value is -2.04. The predicted octanol–water partition coefficient (Wildman–Crippen LogP) is 0.537. The number of hydrogen-bond donors (Lipinski definition) is 3. The molecule has 5 heteroatoms. The molecule has 0 atom stereocenters. The van der Waals surface area contributed by atoms with Gasteiger partial charge in [-0.3, -0.25) is 9.59 Å². The summed E-state index contributed by atoms with van der Waals surface area (Å²) < 4.78 is 0. The van der Waals surface area contributed by atoms with Gasteiger partial charge >= 0.3 is 5.97 Å². The average molecular weight is 196 g/mol. The van der Waals surface area contributed by atoms with Gasteiger partial charge in [-0.1, -0.05) is 0 Å². The standard InChI is InChI=1S/C9H8O5/c10-4-5-1-6(3-8(12)13)9(14)7(11)2-5/h1-2,4,11,14H,3H2,(H,12,13). The van der Waals surface area contributed by atoms with Crippen LogP contribution < -0.4 is 0 Å². The zero-order valence-corrected chi connectivity index (χ0v) is 7.10. The highest BCUT2D eigenvalue weighted by Gasteiger charge is 2.11. The first-order valence-electron chi connectivity index (χ1n) is 3.76. The van der Waals surface area contributed by atoms with E-state index in [1.165, 1.54) is 6.07 Å². The summed E-state index contributed by atoms with van der Waals surface area (Å²) in [6, 6.07) is 2.28. The van der Waals surface area contributed by atoms with Crippen LogP contribution in [-0.2, 0) is 11.2 Å². The number of carboxylic acid groups (broad SMARTS) is 1. The summed E-state index contributed by atoms with van der Waals surface area (Å²) in [6.07, 6.45) is 0.0194. The fraction of sp³-hybridized carbons (Fsp3) is 0.111. The molecular formula is C9H8O5. The van der Waals surface area contributed by atoms with Gasteiger partial charge in [0.1, 0.15) is 6.29 Å². The highest BCUT2D eigenvalue weighted by Crippen LogP contribution is 2.30. The maximum absolute atomic E-state index is 10.4. The number of carbonyl (C=O) groups excluding carboxylic acids is 1. The van der Waals surface area contributed by atoms with E-state index < -0.39 is 23.9 Å². The van der Waals surface area contributed by atoms with Crippen molar-refractivity contribution >= 4 is 12.3 Å². The molecule has 0 spiro atoms. The number of hydrogen-bond acceptors (Lipinski definition) is 4. The van der Waals surface area contributed by atoms with Crippen LogP contribution >= 0.6 is 0 Å². The molecule has 1 aromatic carbocycles. The number of phenols is 2. The van der Waals surface area contributed by atoms with Crippen LogP contribution in [0.4, 0.5) is 0 Å². The summed E-state index contributed by atoms with van der Waals surface area (Å²) >= 11 is 0. The van der Waals surface area contributed by atoms with Crippen molar-refractivity contribution in [2.45, 2.75) is 6.42 Å². The summed E-state index contributed by atoms with van der Waals surface area (Å²) in [5.74, 6) is -2.15. The number of carbonyl (C=O) groups is 2. The lowest BCUT2D eigenvalue weighted by Gasteiger charge is -2.04. The van der Waals surface area contributed by atoms with Gasteiger partial charge in [0.2, 0.25) is 0 Å². The van der Waals surface area contributed by atoms with Gasteiger partial charge < -0.3 is 15.3 Å². The Kier molecular flexibility index (Phi) is 2.71. The summed E-state index contributed by atoms with van der Waals surface area (Å²) in [5.41, 5.74) is 0.135. The molecule has 0 amide bonds. The van der Waals surface area contributed by atoms with E-state index >= 15 is 0 Å². The Morgan fingerprint density at radius 2 is 2.00 bits per heavy atom. The molecular weight excluding hydrogens is 188 g/mol. The first kappa shape index (κ1) is 10.0. The average Bonchev–Trinajstić information content (AvgIpc) is 2.11. The minimum atomic E-state index is -1.15. The second kappa shape index (κ2) is 3.78. The zero-order valence-electron chi connectivity index (χ0n) is 7.10. The lowest BCUT2D eigenvalue weighted by Crippen LogP contribution is -2.01. The van der Waals surface area contributed by atoms with E-state index in [1.807, 2.05) is 0 Å². The molecule has 1 aromatic rings. The summed E-state index contributed by atoms with van der Waals surface area (Å²) in [7, 11) is 0. The molecule has 5 nitrogen and oxygen atoms in total. The normalized spacial score (nSPS) is 9.71. The van der Waals surface area contributed by atoms with Crippen LogP contribution in [0.3, 0.4) is 0 Å². The fourth-order valence-corrected chi connectivity index (χ4v) is 1.07. The number of aliphatic carboxylic acids is 1. The Labute approximate surface area is 79.2 Å². The third-order valence-corrected chi connectivity index (χ3v) is 1.67. The molecule has 0 heterocycles. The third kappa shape index (κ3) is 2.01. The van der Waals surface area contributed by atoms with E-state index in [0.29, 0.717) is 6.29 Å². The van der Waals surface area contributed by atoms with Crippen molar-refractivity contribution in [1.29, 1.82) is 0 Å². The highest BCUT2D eigenvalue weighted by atomic mass is 16.4.